The van der Waals surface area contributed by atoms with E-state index in [9.17, 15) is 5.11 Å². The molecule has 0 saturated heterocycles. The van der Waals surface area contributed by atoms with Gasteiger partial charge < -0.3 is 5.11 Å². The highest BCUT2D eigenvalue weighted by Gasteiger charge is 2.44. The molecular formula is C17H26ClNO. The Morgan fingerprint density at radius 3 is 2.20 bits per heavy atom. The van der Waals surface area contributed by atoms with Gasteiger partial charge in [-0.2, -0.15) is 0 Å². The lowest BCUT2D eigenvalue weighted by Gasteiger charge is -2.44. The first-order chi connectivity index (χ1) is 9.62. The van der Waals surface area contributed by atoms with Gasteiger partial charge in [-0.1, -0.05) is 50.4 Å². The smallest absolute Gasteiger partial charge is 0.0764 e. The van der Waals surface area contributed by atoms with Crippen molar-refractivity contribution in [3.05, 3.63) is 34.9 Å². The van der Waals surface area contributed by atoms with Gasteiger partial charge in [0.1, 0.15) is 0 Å². The third-order valence-corrected chi connectivity index (χ3v) is 5.08. The zero-order chi connectivity index (χ0) is 14.6. The number of halogens is 1. The van der Waals surface area contributed by atoms with Crippen LogP contribution in [0.1, 0.15) is 45.1 Å². The Hall–Kier alpha value is -0.570. The van der Waals surface area contributed by atoms with Crippen molar-refractivity contribution in [2.45, 2.75) is 57.6 Å². The van der Waals surface area contributed by atoms with E-state index in [-0.39, 0.29) is 11.6 Å². The molecule has 0 aliphatic heterocycles. The number of rotatable bonds is 6. The lowest BCUT2D eigenvalue weighted by atomic mass is 9.84. The molecular weight excluding hydrogens is 270 g/mol. The summed E-state index contributed by atoms with van der Waals surface area (Å²) >= 11 is 5.93. The first kappa shape index (κ1) is 15.8. The highest BCUT2D eigenvalue weighted by molar-refractivity contribution is 6.30. The average Bonchev–Trinajstić information content (AvgIpc) is 2.93. The molecule has 1 fully saturated rings. The molecule has 1 unspecified atom stereocenters. The van der Waals surface area contributed by atoms with Crippen LogP contribution in [0.4, 0.5) is 0 Å². The van der Waals surface area contributed by atoms with Crippen molar-refractivity contribution in [3.8, 4) is 0 Å². The van der Waals surface area contributed by atoms with Gasteiger partial charge in [-0.15, -0.1) is 0 Å². The Morgan fingerprint density at radius 2 is 1.70 bits per heavy atom. The molecule has 0 aromatic heterocycles. The van der Waals surface area contributed by atoms with Gasteiger partial charge in [-0.3, -0.25) is 4.90 Å². The molecule has 1 N–H and O–H groups in total. The molecule has 2 rings (SSSR count). The van der Waals surface area contributed by atoms with E-state index in [0.29, 0.717) is 6.42 Å². The second-order valence-electron chi connectivity index (χ2n) is 5.83. The summed E-state index contributed by atoms with van der Waals surface area (Å²) in [6, 6.07) is 7.86. The summed E-state index contributed by atoms with van der Waals surface area (Å²) in [4.78, 5) is 2.46. The lowest BCUT2D eigenvalue weighted by Crippen LogP contribution is -2.55. The molecule has 1 atom stereocenters. The predicted octanol–water partition coefficient (Wildman–Crippen LogP) is 3.90. The van der Waals surface area contributed by atoms with E-state index < -0.39 is 0 Å². The maximum atomic E-state index is 10.9. The van der Waals surface area contributed by atoms with Crippen LogP contribution >= 0.6 is 11.6 Å². The highest BCUT2D eigenvalue weighted by atomic mass is 35.5. The maximum Gasteiger partial charge on any atom is 0.0764 e. The van der Waals surface area contributed by atoms with E-state index in [0.717, 1.165) is 31.0 Å². The van der Waals surface area contributed by atoms with Crippen LogP contribution in [-0.4, -0.2) is 34.7 Å². The van der Waals surface area contributed by atoms with Crippen LogP contribution in [0.2, 0.25) is 5.02 Å². The Bertz CT molecular complexity index is 408. The van der Waals surface area contributed by atoms with Crippen molar-refractivity contribution in [2.75, 3.05) is 13.1 Å². The maximum absolute atomic E-state index is 10.9. The van der Waals surface area contributed by atoms with Crippen LogP contribution in [0.3, 0.4) is 0 Å². The summed E-state index contributed by atoms with van der Waals surface area (Å²) in [5.74, 6) is 0. The number of hydrogen-bond donors (Lipinski definition) is 1. The van der Waals surface area contributed by atoms with Crippen molar-refractivity contribution in [2.24, 2.45) is 0 Å². The van der Waals surface area contributed by atoms with Gasteiger partial charge >= 0.3 is 0 Å². The quantitative estimate of drug-likeness (QED) is 0.860. The minimum absolute atomic E-state index is 0.0247. The molecule has 1 aromatic carbocycles. The number of benzene rings is 1. The Kier molecular flexibility index (Phi) is 5.48. The minimum Gasteiger partial charge on any atom is -0.391 e. The van der Waals surface area contributed by atoms with Gasteiger partial charge in [-0.25, -0.2) is 0 Å². The third-order valence-electron chi connectivity index (χ3n) is 4.83. The second-order valence-corrected chi connectivity index (χ2v) is 6.27. The van der Waals surface area contributed by atoms with Crippen LogP contribution in [0.15, 0.2) is 24.3 Å². The van der Waals surface area contributed by atoms with Gasteiger partial charge in [0, 0.05) is 17.0 Å². The Labute approximate surface area is 127 Å². The van der Waals surface area contributed by atoms with E-state index in [1.54, 1.807) is 0 Å². The van der Waals surface area contributed by atoms with E-state index in [4.69, 9.17) is 11.6 Å². The van der Waals surface area contributed by atoms with E-state index in [1.807, 2.05) is 24.3 Å². The zero-order valence-electron chi connectivity index (χ0n) is 12.6. The third kappa shape index (κ3) is 3.19. The topological polar surface area (TPSA) is 23.5 Å². The number of hydrogen-bond acceptors (Lipinski definition) is 2. The van der Waals surface area contributed by atoms with Crippen LogP contribution < -0.4 is 0 Å². The lowest BCUT2D eigenvalue weighted by molar-refractivity contribution is -0.0244. The van der Waals surface area contributed by atoms with Crippen molar-refractivity contribution in [1.82, 2.24) is 4.90 Å². The van der Waals surface area contributed by atoms with Gasteiger partial charge in [0.2, 0.25) is 0 Å². The molecule has 0 radical (unpaired) electrons. The minimum atomic E-state index is -0.300. The van der Waals surface area contributed by atoms with Gasteiger partial charge in [0.25, 0.3) is 0 Å². The number of aliphatic hydroxyl groups excluding tert-OH is 1. The summed E-state index contributed by atoms with van der Waals surface area (Å²) in [6.45, 7) is 6.40. The number of aliphatic hydroxyl groups is 1. The summed E-state index contributed by atoms with van der Waals surface area (Å²) in [7, 11) is 0. The Morgan fingerprint density at radius 1 is 1.15 bits per heavy atom. The number of nitrogens with zero attached hydrogens (tertiary/aromatic N) is 1. The predicted molar refractivity (Wildman–Crippen MR) is 85.3 cm³/mol. The van der Waals surface area contributed by atoms with E-state index >= 15 is 0 Å². The molecule has 0 bridgehead atoms. The summed E-state index contributed by atoms with van der Waals surface area (Å²) < 4.78 is 0. The first-order valence-electron chi connectivity index (χ1n) is 7.80. The molecule has 1 aliphatic rings. The monoisotopic (exact) mass is 295 g/mol. The van der Waals surface area contributed by atoms with Gasteiger partial charge in [-0.05, 0) is 43.6 Å². The molecule has 0 amide bonds. The van der Waals surface area contributed by atoms with Gasteiger partial charge in [0.15, 0.2) is 0 Å². The molecule has 112 valence electrons. The molecule has 20 heavy (non-hydrogen) atoms. The standard InChI is InChI=1S/C17H26ClNO/c1-3-19(4-2)17(11-5-6-12-17)16(20)13-14-7-9-15(18)10-8-14/h7-10,16,20H,3-6,11-13H2,1-2H3. The van der Waals surface area contributed by atoms with Gasteiger partial charge in [0.05, 0.1) is 6.10 Å². The molecule has 0 heterocycles. The van der Waals surface area contributed by atoms with Crippen molar-refractivity contribution >= 4 is 11.6 Å². The number of likely N-dealkylation sites (N-methyl/N-ethyl adjacent to an activating group) is 1. The fourth-order valence-corrected chi connectivity index (χ4v) is 3.86. The zero-order valence-corrected chi connectivity index (χ0v) is 13.4. The largest absolute Gasteiger partial charge is 0.391 e. The second kappa shape index (κ2) is 6.93. The molecule has 0 spiro atoms. The molecule has 1 saturated carbocycles. The molecule has 3 heteroatoms. The fourth-order valence-electron chi connectivity index (χ4n) is 3.73. The highest BCUT2D eigenvalue weighted by Crippen LogP contribution is 2.39. The van der Waals surface area contributed by atoms with Crippen LogP contribution in [0, 0.1) is 0 Å². The Balaban J connectivity index is 2.14. The summed E-state index contributed by atoms with van der Waals surface area (Å²) in [6.07, 6.45) is 5.11. The molecule has 2 nitrogen and oxygen atoms in total. The van der Waals surface area contributed by atoms with Crippen molar-refractivity contribution < 1.29 is 5.11 Å². The SMILES string of the molecule is CCN(CC)C1(C(O)Cc2ccc(Cl)cc2)CCCC1. The molecule has 1 aromatic rings. The van der Waals surface area contributed by atoms with E-state index in [1.165, 1.54) is 18.4 Å². The first-order valence-corrected chi connectivity index (χ1v) is 8.17. The fraction of sp³-hybridized carbons (Fsp3) is 0.647. The molecule has 1 aliphatic carbocycles. The van der Waals surface area contributed by atoms with Crippen molar-refractivity contribution in [3.63, 3.8) is 0 Å². The van der Waals surface area contributed by atoms with Crippen LogP contribution in [0.5, 0.6) is 0 Å². The van der Waals surface area contributed by atoms with Crippen LogP contribution in [0.25, 0.3) is 0 Å². The summed E-state index contributed by atoms with van der Waals surface area (Å²) in [5, 5.41) is 11.6. The van der Waals surface area contributed by atoms with E-state index in [2.05, 4.69) is 18.7 Å². The normalized spacial score (nSPS) is 19.4. The van der Waals surface area contributed by atoms with Crippen molar-refractivity contribution in [1.29, 1.82) is 0 Å². The average molecular weight is 296 g/mol. The van der Waals surface area contributed by atoms with Crippen LogP contribution in [-0.2, 0) is 6.42 Å². The summed E-state index contributed by atoms with van der Waals surface area (Å²) in [5.41, 5.74) is 1.14.